The molecule has 1 aliphatic heterocycles. The summed E-state index contributed by atoms with van der Waals surface area (Å²) in [6, 6.07) is 7.28. The molecule has 0 aromatic carbocycles. The number of nitrogens with two attached hydrogens (primary N) is 2. The minimum Gasteiger partial charge on any atom is -0.386 e. The smallest absolute Gasteiger partial charge is 0.250 e. The number of aldehydes is 1. The van der Waals surface area contributed by atoms with Gasteiger partial charge in [0.05, 0.1) is 11.9 Å². The molecule has 1 fully saturated rings. The first-order valence-corrected chi connectivity index (χ1v) is 10.6. The number of carbonyl (C=O) groups is 1. The van der Waals surface area contributed by atoms with Gasteiger partial charge in [-0.05, 0) is 31.3 Å². The predicted octanol–water partition coefficient (Wildman–Crippen LogP) is 2.94. The summed E-state index contributed by atoms with van der Waals surface area (Å²) in [5, 5.41) is 6.04. The summed E-state index contributed by atoms with van der Waals surface area (Å²) >= 11 is 0. The Labute approximate surface area is 190 Å². The van der Waals surface area contributed by atoms with Crippen LogP contribution in [-0.4, -0.2) is 57.6 Å². The minimum atomic E-state index is -2.38. The lowest BCUT2D eigenvalue weighted by Crippen LogP contribution is -2.36. The number of anilines is 1. The Morgan fingerprint density at radius 3 is 2.55 bits per heavy atom. The summed E-state index contributed by atoms with van der Waals surface area (Å²) < 4.78 is 26.6. The van der Waals surface area contributed by atoms with Crippen molar-refractivity contribution in [1.82, 2.24) is 19.4 Å². The van der Waals surface area contributed by atoms with Crippen molar-refractivity contribution in [2.75, 3.05) is 25.3 Å². The van der Waals surface area contributed by atoms with E-state index in [-0.39, 0.29) is 12.8 Å². The molecule has 0 unspecified atom stereocenters. The average molecular weight is 459 g/mol. The van der Waals surface area contributed by atoms with Crippen molar-refractivity contribution in [3.63, 3.8) is 0 Å². The molecule has 4 N–H and O–H groups in total. The van der Waals surface area contributed by atoms with Crippen LogP contribution in [0.4, 0.5) is 14.6 Å². The van der Waals surface area contributed by atoms with Crippen molar-refractivity contribution in [1.29, 1.82) is 0 Å². The zero-order valence-electron chi connectivity index (χ0n) is 18.7. The van der Waals surface area contributed by atoms with Crippen LogP contribution in [0.15, 0.2) is 48.0 Å². The molecule has 4 rings (SSSR count). The van der Waals surface area contributed by atoms with Crippen LogP contribution in [0.25, 0.3) is 16.7 Å². The number of likely N-dealkylation sites (tertiary alicyclic amines) is 1. The van der Waals surface area contributed by atoms with Crippen molar-refractivity contribution < 1.29 is 13.6 Å². The number of hydrogen-bond acceptors (Lipinski definition) is 7. The topological polar surface area (TPSA) is 119 Å². The average Bonchev–Trinajstić information content (AvgIpc) is 3.24. The van der Waals surface area contributed by atoms with Crippen LogP contribution < -0.4 is 16.7 Å². The number of fused-ring (bicyclic) bond motifs is 1. The molecule has 0 aliphatic carbocycles. The zero-order valence-corrected chi connectivity index (χ0v) is 18.7. The standard InChI is InChI=1S/C16H17N7O.C6H11F2N/c1-2-14(17)21-23(18)15-4-3-13(9-19-15)22-6-5-12-7-11(10-24)8-20-16(12)22;1-9-4-2-6(7,8)3-5-9/h3-10H,2,18H2,1H3,(H2,17,21);2-5H2,1H3. The van der Waals surface area contributed by atoms with Crippen LogP contribution in [0.5, 0.6) is 0 Å². The molecule has 0 amide bonds. The van der Waals surface area contributed by atoms with Gasteiger partial charge in [-0.2, -0.15) is 5.12 Å². The maximum absolute atomic E-state index is 12.4. The van der Waals surface area contributed by atoms with Crippen molar-refractivity contribution in [2.45, 2.75) is 32.1 Å². The summed E-state index contributed by atoms with van der Waals surface area (Å²) in [6.45, 7) is 2.96. The number of nitrogens with zero attached hydrogens (tertiary/aromatic N) is 6. The summed E-state index contributed by atoms with van der Waals surface area (Å²) in [5.41, 5.74) is 7.77. The molecular weight excluding hydrogens is 430 g/mol. The number of pyridine rings is 2. The van der Waals surface area contributed by atoms with Crippen LogP contribution in [0.3, 0.4) is 0 Å². The Balaban J connectivity index is 0.000000286. The second-order valence-electron chi connectivity index (χ2n) is 7.81. The quantitative estimate of drug-likeness (QED) is 0.198. The van der Waals surface area contributed by atoms with E-state index in [0.717, 1.165) is 28.1 Å². The van der Waals surface area contributed by atoms with E-state index >= 15 is 0 Å². The third-order valence-electron chi connectivity index (χ3n) is 5.25. The highest BCUT2D eigenvalue weighted by molar-refractivity contribution is 5.85. The molecule has 0 saturated carbocycles. The fraction of sp³-hybridized carbons (Fsp3) is 0.364. The van der Waals surface area contributed by atoms with Crippen LogP contribution in [-0.2, 0) is 0 Å². The van der Waals surface area contributed by atoms with Gasteiger partial charge in [0.25, 0.3) is 5.92 Å². The van der Waals surface area contributed by atoms with E-state index in [0.29, 0.717) is 36.7 Å². The maximum Gasteiger partial charge on any atom is 0.250 e. The first-order valence-electron chi connectivity index (χ1n) is 10.6. The van der Waals surface area contributed by atoms with E-state index in [1.54, 1.807) is 18.3 Å². The van der Waals surface area contributed by atoms with Gasteiger partial charge in [-0.1, -0.05) is 6.92 Å². The van der Waals surface area contributed by atoms with Crippen molar-refractivity contribution in [3.05, 3.63) is 48.4 Å². The lowest BCUT2D eigenvalue weighted by molar-refractivity contribution is -0.0504. The van der Waals surface area contributed by atoms with Gasteiger partial charge >= 0.3 is 0 Å². The third kappa shape index (κ3) is 6.30. The van der Waals surface area contributed by atoms with Gasteiger partial charge < -0.3 is 10.6 Å². The number of hydrogen-bond donors (Lipinski definition) is 2. The van der Waals surface area contributed by atoms with Gasteiger partial charge in [0, 0.05) is 55.7 Å². The molecule has 3 aromatic heterocycles. The molecule has 11 heteroatoms. The summed E-state index contributed by atoms with van der Waals surface area (Å²) in [5.74, 6) is 4.33. The van der Waals surface area contributed by atoms with Gasteiger partial charge in [-0.3, -0.25) is 9.36 Å². The Bertz CT molecular complexity index is 1100. The van der Waals surface area contributed by atoms with E-state index in [9.17, 15) is 13.6 Å². The minimum absolute atomic E-state index is 0.0312. The number of hydrazine groups is 1. The van der Waals surface area contributed by atoms with Crippen LogP contribution >= 0.6 is 0 Å². The van der Waals surface area contributed by atoms with Gasteiger partial charge in [0.1, 0.15) is 11.5 Å². The molecule has 176 valence electrons. The van der Waals surface area contributed by atoms with Gasteiger partial charge in [-0.25, -0.2) is 24.6 Å². The second kappa shape index (κ2) is 10.5. The molecule has 0 bridgehead atoms. The first-order chi connectivity index (χ1) is 15.7. The highest BCUT2D eigenvalue weighted by Gasteiger charge is 2.32. The number of amidine groups is 1. The lowest BCUT2D eigenvalue weighted by atomic mass is 10.1. The Kier molecular flexibility index (Phi) is 7.67. The molecule has 0 radical (unpaired) electrons. The maximum atomic E-state index is 12.4. The van der Waals surface area contributed by atoms with Gasteiger partial charge in [-0.15, -0.1) is 5.10 Å². The van der Waals surface area contributed by atoms with Crippen LogP contribution in [0.1, 0.15) is 36.5 Å². The normalized spacial score (nSPS) is 16.2. The number of alkyl halides is 2. The Hall–Kier alpha value is -3.44. The Morgan fingerprint density at radius 1 is 1.24 bits per heavy atom. The van der Waals surface area contributed by atoms with Crippen molar-refractivity contribution in [3.8, 4) is 5.69 Å². The predicted molar refractivity (Wildman–Crippen MR) is 125 cm³/mol. The van der Waals surface area contributed by atoms with Crippen molar-refractivity contribution >= 4 is 29.0 Å². The van der Waals surface area contributed by atoms with Gasteiger partial charge in [0.15, 0.2) is 12.1 Å². The van der Waals surface area contributed by atoms with Gasteiger partial charge in [0.2, 0.25) is 0 Å². The summed E-state index contributed by atoms with van der Waals surface area (Å²) in [7, 11) is 1.87. The third-order valence-corrected chi connectivity index (χ3v) is 5.25. The van der Waals surface area contributed by atoms with E-state index in [1.165, 1.54) is 6.20 Å². The van der Waals surface area contributed by atoms with E-state index in [1.807, 2.05) is 41.8 Å². The largest absolute Gasteiger partial charge is 0.386 e. The lowest BCUT2D eigenvalue weighted by Gasteiger charge is -2.28. The highest BCUT2D eigenvalue weighted by Crippen LogP contribution is 2.26. The fourth-order valence-electron chi connectivity index (χ4n) is 3.18. The number of rotatable bonds is 5. The molecule has 0 atom stereocenters. The zero-order chi connectivity index (χ0) is 24.0. The number of piperidine rings is 1. The summed E-state index contributed by atoms with van der Waals surface area (Å²) in [6.07, 6.45) is 6.52. The van der Waals surface area contributed by atoms with E-state index < -0.39 is 5.92 Å². The molecule has 3 aromatic rings. The van der Waals surface area contributed by atoms with Crippen LogP contribution in [0.2, 0.25) is 0 Å². The monoisotopic (exact) mass is 458 g/mol. The van der Waals surface area contributed by atoms with E-state index in [2.05, 4.69) is 15.1 Å². The number of aromatic nitrogens is 3. The number of halogens is 2. The molecule has 33 heavy (non-hydrogen) atoms. The fourth-order valence-corrected chi connectivity index (χ4v) is 3.18. The molecule has 1 aliphatic rings. The molecule has 9 nitrogen and oxygen atoms in total. The highest BCUT2D eigenvalue weighted by atomic mass is 19.3. The SMILES string of the molecule is CC/C(N)=N/N(N)c1ccc(-n2ccc3cc(C=O)cnc32)cn1.CN1CCC(F)(F)CC1. The molecule has 1 saturated heterocycles. The molecule has 4 heterocycles. The number of hydrazone groups is 1. The summed E-state index contributed by atoms with van der Waals surface area (Å²) in [4.78, 5) is 21.4. The molecule has 0 spiro atoms. The van der Waals surface area contributed by atoms with E-state index in [4.69, 9.17) is 11.6 Å². The van der Waals surface area contributed by atoms with Crippen LogP contribution in [0, 0.1) is 0 Å². The van der Waals surface area contributed by atoms with Crippen molar-refractivity contribution in [2.24, 2.45) is 16.7 Å². The second-order valence-corrected chi connectivity index (χ2v) is 7.81. The molecular formula is C22H28F2N8O. The Morgan fingerprint density at radius 2 is 1.97 bits per heavy atom. The first kappa shape index (κ1) is 24.2. The number of carbonyl (C=O) groups excluding carboxylic acids is 1.